The molecule has 4 aromatic heterocycles. The minimum absolute atomic E-state index is 0.154. The van der Waals surface area contributed by atoms with Gasteiger partial charge < -0.3 is 14.7 Å². The summed E-state index contributed by atoms with van der Waals surface area (Å²) in [5, 5.41) is 3.37. The number of halogens is 2. The number of aromatic amines is 1. The number of imidazole rings is 2. The molecule has 2 N–H and O–H groups in total. The van der Waals surface area contributed by atoms with Crippen LogP contribution in [0.1, 0.15) is 5.69 Å². The van der Waals surface area contributed by atoms with Crippen LogP contribution in [0, 0.1) is 0 Å². The molecular weight excluding hydrogens is 370 g/mol. The summed E-state index contributed by atoms with van der Waals surface area (Å²) in [4.78, 5) is 19.8. The highest BCUT2D eigenvalue weighted by Crippen LogP contribution is 2.19. The summed E-state index contributed by atoms with van der Waals surface area (Å²) < 4.78 is 2.96. The third kappa shape index (κ3) is 2.40. The Kier molecular flexibility index (Phi) is 3.20. The van der Waals surface area contributed by atoms with Gasteiger partial charge in [-0.05, 0) is 39.7 Å². The van der Waals surface area contributed by atoms with E-state index in [1.165, 1.54) is 0 Å². The van der Waals surface area contributed by atoms with Crippen LogP contribution < -0.4 is 5.32 Å². The Morgan fingerprint density at radius 1 is 1.23 bits per heavy atom. The summed E-state index contributed by atoms with van der Waals surface area (Å²) in [6.07, 6.45) is 5.48. The lowest BCUT2D eigenvalue weighted by Crippen LogP contribution is -2.03. The van der Waals surface area contributed by atoms with Gasteiger partial charge in [0.05, 0.1) is 18.6 Å². The fourth-order valence-corrected chi connectivity index (χ4v) is 2.73. The van der Waals surface area contributed by atoms with E-state index >= 15 is 0 Å². The van der Waals surface area contributed by atoms with Gasteiger partial charge in [-0.15, -0.1) is 0 Å². The zero-order chi connectivity index (χ0) is 15.1. The Morgan fingerprint density at radius 3 is 3.05 bits per heavy atom. The molecule has 0 aliphatic rings. The van der Waals surface area contributed by atoms with Gasteiger partial charge in [-0.2, -0.15) is 9.97 Å². The minimum Gasteiger partial charge on any atom is -0.362 e. The molecule has 0 amide bonds. The molecule has 22 heavy (non-hydrogen) atoms. The number of anilines is 1. The average molecular weight is 379 g/mol. The summed E-state index contributed by atoms with van der Waals surface area (Å²) in [5.74, 6) is 0.603. The van der Waals surface area contributed by atoms with Gasteiger partial charge in [-0.3, -0.25) is 0 Å². The predicted octanol–water partition coefficient (Wildman–Crippen LogP) is 3.03. The van der Waals surface area contributed by atoms with E-state index in [0.29, 0.717) is 18.0 Å². The number of hydrogen-bond donors (Lipinski definition) is 2. The molecule has 0 aromatic carbocycles. The molecule has 110 valence electrons. The first-order valence-electron chi connectivity index (χ1n) is 6.43. The average Bonchev–Trinajstić information content (AvgIpc) is 3.10. The second kappa shape index (κ2) is 5.22. The highest BCUT2D eigenvalue weighted by atomic mass is 79.9. The Hall–Kier alpha value is -2.19. The second-order valence-electron chi connectivity index (χ2n) is 4.64. The molecule has 0 saturated carbocycles. The lowest BCUT2D eigenvalue weighted by molar-refractivity contribution is 1.05. The van der Waals surface area contributed by atoms with Crippen molar-refractivity contribution in [2.45, 2.75) is 6.54 Å². The molecular formula is C13H9BrClN7. The van der Waals surface area contributed by atoms with Gasteiger partial charge in [0, 0.05) is 16.9 Å². The van der Waals surface area contributed by atoms with Crippen LogP contribution >= 0.6 is 27.5 Å². The molecule has 0 fully saturated rings. The van der Waals surface area contributed by atoms with Crippen molar-refractivity contribution in [1.29, 1.82) is 0 Å². The van der Waals surface area contributed by atoms with Gasteiger partial charge in [0.2, 0.25) is 5.28 Å². The molecule has 0 unspecified atom stereocenters. The van der Waals surface area contributed by atoms with Gasteiger partial charge in [0.25, 0.3) is 0 Å². The molecule has 0 aliphatic carbocycles. The van der Waals surface area contributed by atoms with Crippen LogP contribution in [-0.2, 0) is 6.54 Å². The molecule has 0 saturated heterocycles. The number of nitrogens with one attached hydrogen (secondary N) is 2. The maximum Gasteiger partial charge on any atom is 0.226 e. The molecule has 4 heterocycles. The molecule has 0 aliphatic heterocycles. The van der Waals surface area contributed by atoms with Crippen LogP contribution in [0.5, 0.6) is 0 Å². The van der Waals surface area contributed by atoms with Crippen LogP contribution in [0.2, 0.25) is 5.28 Å². The highest BCUT2D eigenvalue weighted by Gasteiger charge is 2.09. The van der Waals surface area contributed by atoms with E-state index in [-0.39, 0.29) is 5.28 Å². The number of H-pyrrole nitrogens is 1. The number of pyridine rings is 1. The van der Waals surface area contributed by atoms with E-state index in [4.69, 9.17) is 11.6 Å². The maximum absolute atomic E-state index is 5.90. The van der Waals surface area contributed by atoms with Crippen molar-refractivity contribution in [1.82, 2.24) is 29.3 Å². The van der Waals surface area contributed by atoms with Crippen molar-refractivity contribution in [2.75, 3.05) is 5.32 Å². The molecule has 4 aromatic rings. The summed E-state index contributed by atoms with van der Waals surface area (Å²) >= 11 is 9.34. The zero-order valence-corrected chi connectivity index (χ0v) is 13.4. The monoisotopic (exact) mass is 377 g/mol. The van der Waals surface area contributed by atoms with Crippen molar-refractivity contribution < 1.29 is 0 Å². The van der Waals surface area contributed by atoms with Crippen molar-refractivity contribution in [3.8, 4) is 0 Å². The number of nitrogens with zero attached hydrogens (tertiary/aromatic N) is 5. The fourth-order valence-electron chi connectivity index (χ4n) is 2.21. The van der Waals surface area contributed by atoms with E-state index in [2.05, 4.69) is 46.2 Å². The van der Waals surface area contributed by atoms with Crippen LogP contribution in [0.15, 0.2) is 35.3 Å². The highest BCUT2D eigenvalue weighted by molar-refractivity contribution is 9.10. The van der Waals surface area contributed by atoms with E-state index in [1.54, 1.807) is 6.33 Å². The molecule has 4 rings (SSSR count). The third-order valence-electron chi connectivity index (χ3n) is 3.16. The SMILES string of the molecule is Clc1nc(NCc2cn3cc(Br)ccc3n2)c2[nH]cnc2n1. The largest absolute Gasteiger partial charge is 0.362 e. The standard InChI is InChI=1S/C13H9BrClN7/c14-7-1-2-9-19-8(5-22(9)4-7)3-16-11-10-12(18-6-17-10)21-13(15)20-11/h1-2,4-6H,3H2,(H2,16,17,18,20,21). The van der Waals surface area contributed by atoms with E-state index in [9.17, 15) is 0 Å². The van der Waals surface area contributed by atoms with Gasteiger partial charge in [0.1, 0.15) is 11.2 Å². The normalized spacial score (nSPS) is 11.4. The predicted molar refractivity (Wildman–Crippen MR) is 86.9 cm³/mol. The molecule has 7 nitrogen and oxygen atoms in total. The number of hydrogen-bond acceptors (Lipinski definition) is 5. The fraction of sp³-hybridized carbons (Fsp3) is 0.0769. The van der Waals surface area contributed by atoms with Crippen LogP contribution in [0.4, 0.5) is 5.82 Å². The summed E-state index contributed by atoms with van der Waals surface area (Å²) in [5.41, 5.74) is 3.02. The van der Waals surface area contributed by atoms with Crippen molar-refractivity contribution in [3.63, 3.8) is 0 Å². The van der Waals surface area contributed by atoms with Crippen LogP contribution in [-0.4, -0.2) is 29.3 Å². The van der Waals surface area contributed by atoms with E-state index < -0.39 is 0 Å². The second-order valence-corrected chi connectivity index (χ2v) is 5.89. The Labute approximate surface area is 137 Å². The lowest BCUT2D eigenvalue weighted by Gasteiger charge is -2.04. The zero-order valence-electron chi connectivity index (χ0n) is 11.1. The Morgan fingerprint density at radius 2 is 2.14 bits per heavy atom. The lowest BCUT2D eigenvalue weighted by atomic mass is 10.4. The van der Waals surface area contributed by atoms with Gasteiger partial charge in [-0.1, -0.05) is 0 Å². The van der Waals surface area contributed by atoms with Crippen molar-refractivity contribution >= 4 is 50.2 Å². The quantitative estimate of drug-likeness (QED) is 0.535. The summed E-state index contributed by atoms with van der Waals surface area (Å²) in [6, 6.07) is 3.90. The van der Waals surface area contributed by atoms with Gasteiger partial charge >= 0.3 is 0 Å². The number of aromatic nitrogens is 6. The first kappa shape index (κ1) is 13.5. The van der Waals surface area contributed by atoms with E-state index in [1.807, 2.05) is 28.9 Å². The van der Waals surface area contributed by atoms with Crippen LogP contribution in [0.25, 0.3) is 16.8 Å². The Bertz CT molecular complexity index is 977. The Balaban J connectivity index is 1.63. The molecule has 9 heteroatoms. The first-order valence-corrected chi connectivity index (χ1v) is 7.60. The van der Waals surface area contributed by atoms with Gasteiger partial charge in [-0.25, -0.2) is 9.97 Å². The van der Waals surface area contributed by atoms with Crippen molar-refractivity contribution in [3.05, 3.63) is 46.3 Å². The third-order valence-corrected chi connectivity index (χ3v) is 3.80. The smallest absolute Gasteiger partial charge is 0.226 e. The molecule has 0 spiro atoms. The number of rotatable bonds is 3. The van der Waals surface area contributed by atoms with Gasteiger partial charge in [0.15, 0.2) is 11.5 Å². The maximum atomic E-state index is 5.90. The first-order chi connectivity index (χ1) is 10.7. The molecule has 0 atom stereocenters. The number of fused-ring (bicyclic) bond motifs is 2. The van der Waals surface area contributed by atoms with Crippen LogP contribution in [0.3, 0.4) is 0 Å². The molecule has 0 bridgehead atoms. The molecule has 0 radical (unpaired) electrons. The summed E-state index contributed by atoms with van der Waals surface area (Å²) in [6.45, 7) is 0.515. The summed E-state index contributed by atoms with van der Waals surface area (Å²) in [7, 11) is 0. The minimum atomic E-state index is 0.154. The van der Waals surface area contributed by atoms with Crippen molar-refractivity contribution in [2.24, 2.45) is 0 Å². The topological polar surface area (TPSA) is 83.8 Å². The van der Waals surface area contributed by atoms with E-state index in [0.717, 1.165) is 21.3 Å².